The molecule has 1 aromatic carbocycles. The van der Waals surface area contributed by atoms with Crippen molar-refractivity contribution in [3.63, 3.8) is 0 Å². The Kier molecular flexibility index (Phi) is 4.62. The highest BCUT2D eigenvalue weighted by Crippen LogP contribution is 2.25. The highest BCUT2D eigenvalue weighted by molar-refractivity contribution is 5.88. The molecule has 2 aromatic heterocycles. The number of anilines is 1. The van der Waals surface area contributed by atoms with Crippen LogP contribution < -0.4 is 5.32 Å². The second-order valence-electron chi connectivity index (χ2n) is 6.91. The third-order valence-corrected chi connectivity index (χ3v) is 4.81. The van der Waals surface area contributed by atoms with Gasteiger partial charge >= 0.3 is 6.03 Å². The average molecular weight is 365 g/mol. The number of H-pyrrole nitrogens is 1. The van der Waals surface area contributed by atoms with E-state index in [0.29, 0.717) is 12.4 Å². The van der Waals surface area contributed by atoms with Crippen LogP contribution >= 0.6 is 0 Å². The fraction of sp³-hybridized carbons (Fsp3) is 0.368. The average Bonchev–Trinajstić information content (AvgIpc) is 3.28. The molecule has 1 unspecified atom stereocenters. The van der Waals surface area contributed by atoms with E-state index in [9.17, 15) is 4.79 Å². The van der Waals surface area contributed by atoms with Gasteiger partial charge in [-0.15, -0.1) is 5.10 Å². The molecule has 1 saturated heterocycles. The zero-order chi connectivity index (χ0) is 18.8. The maximum Gasteiger partial charge on any atom is 0.323 e. The summed E-state index contributed by atoms with van der Waals surface area (Å²) in [5.41, 5.74) is 1.93. The Morgan fingerprint density at radius 2 is 2.07 bits per heavy atom. The number of para-hydroxylation sites is 1. The fourth-order valence-electron chi connectivity index (χ4n) is 3.47. The maximum atomic E-state index is 12.7. The largest absolute Gasteiger partial charge is 0.324 e. The van der Waals surface area contributed by atoms with E-state index in [2.05, 4.69) is 25.6 Å². The van der Waals surface area contributed by atoms with E-state index in [-0.39, 0.29) is 11.9 Å². The number of hydrogen-bond acceptors (Lipinski definition) is 4. The summed E-state index contributed by atoms with van der Waals surface area (Å²) in [6.45, 7) is 5.19. The molecule has 140 valence electrons. The van der Waals surface area contributed by atoms with Crippen molar-refractivity contribution in [3.8, 4) is 5.69 Å². The van der Waals surface area contributed by atoms with Crippen LogP contribution in [0.15, 0.2) is 36.4 Å². The van der Waals surface area contributed by atoms with Gasteiger partial charge in [-0.2, -0.15) is 5.10 Å². The predicted molar refractivity (Wildman–Crippen MR) is 102 cm³/mol. The fourth-order valence-corrected chi connectivity index (χ4v) is 3.47. The van der Waals surface area contributed by atoms with Crippen molar-refractivity contribution < 1.29 is 4.79 Å². The van der Waals surface area contributed by atoms with Gasteiger partial charge in [-0.25, -0.2) is 14.5 Å². The number of nitrogens with one attached hydrogen (secondary N) is 2. The van der Waals surface area contributed by atoms with Crippen LogP contribution in [0.3, 0.4) is 0 Å². The lowest BCUT2D eigenvalue weighted by atomic mass is 9.98. The number of aromatic nitrogens is 5. The van der Waals surface area contributed by atoms with Gasteiger partial charge in [-0.3, -0.25) is 10.4 Å². The highest BCUT2D eigenvalue weighted by Gasteiger charge is 2.27. The lowest BCUT2D eigenvalue weighted by Gasteiger charge is -2.31. The molecule has 4 rings (SSSR count). The van der Waals surface area contributed by atoms with Gasteiger partial charge in [0.1, 0.15) is 5.82 Å². The minimum Gasteiger partial charge on any atom is -0.324 e. The number of piperidine rings is 1. The molecular formula is C19H23N7O. The van der Waals surface area contributed by atoms with Gasteiger partial charge in [0.05, 0.1) is 5.69 Å². The van der Waals surface area contributed by atoms with Crippen molar-refractivity contribution in [2.24, 2.45) is 0 Å². The predicted octanol–water partition coefficient (Wildman–Crippen LogP) is 3.02. The Hall–Kier alpha value is -3.16. The van der Waals surface area contributed by atoms with Crippen LogP contribution in [0.2, 0.25) is 0 Å². The minimum atomic E-state index is -0.135. The summed E-state index contributed by atoms with van der Waals surface area (Å²) in [5, 5.41) is 14.6. The summed E-state index contributed by atoms with van der Waals surface area (Å²) >= 11 is 0. The number of benzene rings is 1. The summed E-state index contributed by atoms with van der Waals surface area (Å²) in [4.78, 5) is 19.0. The van der Waals surface area contributed by atoms with E-state index in [1.165, 1.54) is 0 Å². The molecule has 27 heavy (non-hydrogen) atoms. The smallest absolute Gasteiger partial charge is 0.323 e. The van der Waals surface area contributed by atoms with Crippen LogP contribution in [-0.4, -0.2) is 49.0 Å². The number of carbonyl (C=O) groups is 1. The first-order valence-electron chi connectivity index (χ1n) is 9.17. The van der Waals surface area contributed by atoms with E-state index in [0.717, 1.165) is 42.4 Å². The quantitative estimate of drug-likeness (QED) is 0.746. The van der Waals surface area contributed by atoms with Gasteiger partial charge in [0, 0.05) is 30.8 Å². The van der Waals surface area contributed by atoms with E-state index in [1.807, 2.05) is 59.8 Å². The number of hydrogen-bond donors (Lipinski definition) is 2. The number of carbonyl (C=O) groups excluding carboxylic acids is 1. The van der Waals surface area contributed by atoms with E-state index < -0.39 is 0 Å². The van der Waals surface area contributed by atoms with Gasteiger partial charge in [0.15, 0.2) is 11.6 Å². The molecule has 2 N–H and O–H groups in total. The Labute approximate surface area is 157 Å². The molecule has 0 saturated carbocycles. The Balaban J connectivity index is 1.44. The molecule has 0 spiro atoms. The number of likely N-dealkylation sites (tertiary alicyclic amines) is 1. The lowest BCUT2D eigenvalue weighted by Crippen LogP contribution is -2.42. The van der Waals surface area contributed by atoms with Gasteiger partial charge in [0.25, 0.3) is 0 Å². The van der Waals surface area contributed by atoms with Crippen LogP contribution in [0, 0.1) is 13.8 Å². The Bertz CT molecular complexity index is 931. The summed E-state index contributed by atoms with van der Waals surface area (Å²) in [6, 6.07) is 11.6. The summed E-state index contributed by atoms with van der Waals surface area (Å²) in [6.07, 6.45) is 1.92. The van der Waals surface area contributed by atoms with Crippen molar-refractivity contribution in [1.82, 2.24) is 29.9 Å². The van der Waals surface area contributed by atoms with Gasteiger partial charge in [0.2, 0.25) is 0 Å². The first-order chi connectivity index (χ1) is 13.1. The molecule has 1 atom stereocenters. The molecule has 8 nitrogen and oxygen atoms in total. The monoisotopic (exact) mass is 365 g/mol. The first-order valence-corrected chi connectivity index (χ1v) is 9.17. The first kappa shape index (κ1) is 17.3. The van der Waals surface area contributed by atoms with Gasteiger partial charge < -0.3 is 4.90 Å². The molecule has 1 fully saturated rings. The van der Waals surface area contributed by atoms with Crippen molar-refractivity contribution in [2.75, 3.05) is 18.4 Å². The van der Waals surface area contributed by atoms with Crippen molar-refractivity contribution >= 4 is 11.8 Å². The summed E-state index contributed by atoms with van der Waals surface area (Å²) in [7, 11) is 0. The molecule has 2 amide bonds. The molecule has 3 heterocycles. The van der Waals surface area contributed by atoms with Crippen LogP contribution in [0.1, 0.15) is 36.1 Å². The number of aromatic amines is 1. The van der Waals surface area contributed by atoms with E-state index in [4.69, 9.17) is 0 Å². The molecule has 0 bridgehead atoms. The second-order valence-corrected chi connectivity index (χ2v) is 6.91. The number of aryl methyl sites for hydroxylation is 2. The molecule has 3 aromatic rings. The van der Waals surface area contributed by atoms with Crippen LogP contribution in [0.5, 0.6) is 0 Å². The lowest BCUT2D eigenvalue weighted by molar-refractivity contribution is 0.191. The number of rotatable bonds is 3. The summed E-state index contributed by atoms with van der Waals surface area (Å²) in [5.74, 6) is 2.30. The molecule has 1 aliphatic rings. The molecule has 0 radical (unpaired) electrons. The zero-order valence-corrected chi connectivity index (χ0v) is 15.5. The van der Waals surface area contributed by atoms with Crippen LogP contribution in [0.25, 0.3) is 5.69 Å². The zero-order valence-electron chi connectivity index (χ0n) is 15.5. The molecule has 0 aliphatic carbocycles. The standard InChI is InChI=1S/C19H23N7O/c1-13-11-17(24-26(13)16-8-4-3-5-9-16)21-19(27)25-10-6-7-15(12-25)18-20-14(2)22-23-18/h3-5,8-9,11,15H,6-7,10,12H2,1-2H3,(H,20,22,23)(H,21,24,27). The van der Waals surface area contributed by atoms with Gasteiger partial charge in [-0.05, 0) is 38.8 Å². The third kappa shape index (κ3) is 3.69. The third-order valence-electron chi connectivity index (χ3n) is 4.81. The number of nitrogens with zero attached hydrogens (tertiary/aromatic N) is 5. The summed E-state index contributed by atoms with van der Waals surface area (Å²) < 4.78 is 1.82. The normalized spacial score (nSPS) is 17.1. The minimum absolute atomic E-state index is 0.135. The van der Waals surface area contributed by atoms with Crippen LogP contribution in [0.4, 0.5) is 10.6 Å². The van der Waals surface area contributed by atoms with Crippen molar-refractivity contribution in [1.29, 1.82) is 0 Å². The van der Waals surface area contributed by atoms with Crippen molar-refractivity contribution in [2.45, 2.75) is 32.6 Å². The maximum absolute atomic E-state index is 12.7. The Morgan fingerprint density at radius 3 is 2.81 bits per heavy atom. The van der Waals surface area contributed by atoms with Crippen LogP contribution in [-0.2, 0) is 0 Å². The second kappa shape index (κ2) is 7.22. The molecular weight excluding hydrogens is 342 g/mol. The SMILES string of the molecule is Cc1nc(C2CCCN(C(=O)Nc3cc(C)n(-c4ccccc4)n3)C2)n[nH]1. The van der Waals surface area contributed by atoms with E-state index in [1.54, 1.807) is 0 Å². The molecule has 8 heteroatoms. The van der Waals surface area contributed by atoms with Crippen molar-refractivity contribution in [3.05, 3.63) is 53.7 Å². The number of amides is 2. The highest BCUT2D eigenvalue weighted by atomic mass is 16.2. The van der Waals surface area contributed by atoms with E-state index >= 15 is 0 Å². The topological polar surface area (TPSA) is 91.7 Å². The molecule has 1 aliphatic heterocycles. The number of urea groups is 1. The van der Waals surface area contributed by atoms with Gasteiger partial charge in [-0.1, -0.05) is 18.2 Å². The Morgan fingerprint density at radius 1 is 1.26 bits per heavy atom.